The fourth-order valence-electron chi connectivity index (χ4n) is 3.16. The number of ether oxygens (including phenoxy) is 2. The largest absolute Gasteiger partial charge is 0.497 e. The lowest BCUT2D eigenvalue weighted by molar-refractivity contribution is 0.386. The maximum Gasteiger partial charge on any atom is 0.265 e. The van der Waals surface area contributed by atoms with E-state index in [1.807, 2.05) is 0 Å². The number of rotatable bonds is 6. The van der Waals surface area contributed by atoms with E-state index in [2.05, 4.69) is 4.72 Å². The van der Waals surface area contributed by atoms with E-state index in [4.69, 9.17) is 9.47 Å². The highest BCUT2D eigenvalue weighted by molar-refractivity contribution is 7.93. The minimum atomic E-state index is -3.96. The fourth-order valence-corrected chi connectivity index (χ4v) is 5.35. The van der Waals surface area contributed by atoms with Crippen molar-refractivity contribution in [2.75, 3.05) is 36.0 Å². The summed E-state index contributed by atoms with van der Waals surface area (Å²) in [6.07, 6.45) is 2.59. The van der Waals surface area contributed by atoms with E-state index in [1.165, 1.54) is 36.7 Å². The Bertz CT molecular complexity index is 1100. The first-order valence-corrected chi connectivity index (χ1v) is 11.8. The third kappa shape index (κ3) is 4.02. The molecule has 0 saturated heterocycles. The number of hydrogen-bond donors (Lipinski definition) is 1. The zero-order valence-electron chi connectivity index (χ0n) is 15.8. The van der Waals surface area contributed by atoms with Gasteiger partial charge in [0.05, 0.1) is 31.9 Å². The highest BCUT2D eigenvalue weighted by atomic mass is 32.2. The molecule has 0 saturated carbocycles. The molecule has 3 rings (SSSR count). The van der Waals surface area contributed by atoms with Crippen molar-refractivity contribution in [3.63, 3.8) is 0 Å². The Balaban J connectivity index is 1.98. The van der Waals surface area contributed by atoms with Crippen LogP contribution in [0.2, 0.25) is 0 Å². The van der Waals surface area contributed by atoms with Crippen molar-refractivity contribution in [1.82, 2.24) is 0 Å². The topological polar surface area (TPSA) is 102 Å². The van der Waals surface area contributed by atoms with Crippen molar-refractivity contribution in [2.45, 2.75) is 17.7 Å². The van der Waals surface area contributed by atoms with Crippen LogP contribution in [0.3, 0.4) is 0 Å². The molecule has 0 bridgehead atoms. The van der Waals surface area contributed by atoms with Gasteiger partial charge in [-0.15, -0.1) is 0 Å². The molecule has 0 radical (unpaired) electrons. The average molecular weight is 427 g/mol. The molecule has 0 amide bonds. The minimum absolute atomic E-state index is 0.0477. The van der Waals surface area contributed by atoms with Crippen LogP contribution in [-0.4, -0.2) is 43.9 Å². The second-order valence-corrected chi connectivity index (χ2v) is 9.96. The lowest BCUT2D eigenvalue weighted by Gasteiger charge is -2.29. The second kappa shape index (κ2) is 7.51. The molecule has 0 spiro atoms. The van der Waals surface area contributed by atoms with Crippen LogP contribution in [0.15, 0.2) is 41.3 Å². The summed E-state index contributed by atoms with van der Waals surface area (Å²) >= 11 is 0. The summed E-state index contributed by atoms with van der Waals surface area (Å²) in [7, 11) is -4.56. The van der Waals surface area contributed by atoms with Crippen molar-refractivity contribution in [1.29, 1.82) is 0 Å². The van der Waals surface area contributed by atoms with E-state index in [-0.39, 0.29) is 16.3 Å². The second-order valence-electron chi connectivity index (χ2n) is 6.40. The van der Waals surface area contributed by atoms with Crippen LogP contribution in [0.1, 0.15) is 12.0 Å². The van der Waals surface area contributed by atoms with Crippen molar-refractivity contribution < 1.29 is 26.3 Å². The summed E-state index contributed by atoms with van der Waals surface area (Å²) in [6, 6.07) is 9.31. The summed E-state index contributed by atoms with van der Waals surface area (Å²) in [5.74, 6) is 0.607. The first-order chi connectivity index (χ1) is 13.2. The van der Waals surface area contributed by atoms with Crippen molar-refractivity contribution in [2.24, 2.45) is 0 Å². The van der Waals surface area contributed by atoms with Crippen LogP contribution >= 0.6 is 0 Å². The van der Waals surface area contributed by atoms with Gasteiger partial charge in [0.15, 0.2) is 0 Å². The molecule has 10 heteroatoms. The van der Waals surface area contributed by atoms with Crippen molar-refractivity contribution >= 4 is 31.4 Å². The lowest BCUT2D eigenvalue weighted by atomic mass is 10.0. The first kappa shape index (κ1) is 20.3. The highest BCUT2D eigenvalue weighted by Crippen LogP contribution is 2.34. The highest BCUT2D eigenvalue weighted by Gasteiger charge is 2.26. The zero-order valence-corrected chi connectivity index (χ0v) is 17.4. The summed E-state index contributed by atoms with van der Waals surface area (Å²) < 4.78 is 63.9. The van der Waals surface area contributed by atoms with Crippen molar-refractivity contribution in [3.05, 3.63) is 42.0 Å². The zero-order chi connectivity index (χ0) is 20.5. The third-order valence-corrected chi connectivity index (χ3v) is 7.07. The molecule has 1 heterocycles. The molecular formula is C18H22N2O6S2. The standard InChI is InChI=1S/C18H22N2O6S2/c1-25-15-8-9-18(17(12-15)26-2)28(23,24)19-14-7-6-13-5-4-10-20(16(13)11-14)27(3,21)22/h6-9,11-12,19H,4-5,10H2,1-3H3. The normalized spacial score (nSPS) is 14.3. The van der Waals surface area contributed by atoms with Gasteiger partial charge in [0.25, 0.3) is 10.0 Å². The Hall–Kier alpha value is -2.46. The average Bonchev–Trinajstić information content (AvgIpc) is 2.65. The molecule has 1 N–H and O–H groups in total. The maximum atomic E-state index is 12.9. The van der Waals surface area contributed by atoms with Crippen LogP contribution in [0.5, 0.6) is 11.5 Å². The Morgan fingerprint density at radius 3 is 2.39 bits per heavy atom. The molecule has 2 aromatic rings. The number of fused-ring (bicyclic) bond motifs is 1. The summed E-state index contributed by atoms with van der Waals surface area (Å²) in [6.45, 7) is 0.369. The predicted molar refractivity (Wildman–Crippen MR) is 107 cm³/mol. The fraction of sp³-hybridized carbons (Fsp3) is 0.333. The van der Waals surface area contributed by atoms with Crippen molar-refractivity contribution in [3.8, 4) is 11.5 Å². The molecule has 152 valence electrons. The summed E-state index contributed by atoms with van der Waals surface area (Å²) in [5.41, 5.74) is 1.63. The molecule has 8 nitrogen and oxygen atoms in total. The number of nitrogens with one attached hydrogen (secondary N) is 1. The quantitative estimate of drug-likeness (QED) is 0.760. The Morgan fingerprint density at radius 2 is 1.75 bits per heavy atom. The third-order valence-electron chi connectivity index (χ3n) is 4.47. The van der Waals surface area contributed by atoms with E-state index in [1.54, 1.807) is 18.2 Å². The Morgan fingerprint density at radius 1 is 1.00 bits per heavy atom. The monoisotopic (exact) mass is 426 g/mol. The van der Waals surface area contributed by atoms with Crippen LogP contribution in [0.4, 0.5) is 11.4 Å². The number of methoxy groups -OCH3 is 2. The number of nitrogens with zero attached hydrogens (tertiary/aromatic N) is 1. The van der Waals surface area contributed by atoms with Crippen LogP contribution in [-0.2, 0) is 26.5 Å². The molecule has 0 atom stereocenters. The van der Waals surface area contributed by atoms with Gasteiger partial charge in [-0.25, -0.2) is 16.8 Å². The molecule has 0 unspecified atom stereocenters. The number of aryl methyl sites for hydroxylation is 1. The van der Waals surface area contributed by atoms with Gasteiger partial charge in [0.1, 0.15) is 16.4 Å². The SMILES string of the molecule is COc1ccc(S(=O)(=O)Nc2ccc3c(c2)N(S(C)(=O)=O)CCC3)c(OC)c1. The van der Waals surface area contributed by atoms with E-state index in [0.717, 1.165) is 18.2 Å². The Kier molecular flexibility index (Phi) is 5.44. The van der Waals surface area contributed by atoms with Crippen LogP contribution < -0.4 is 18.5 Å². The Labute approximate surface area is 165 Å². The van der Waals surface area contributed by atoms with Gasteiger partial charge in [-0.3, -0.25) is 9.03 Å². The lowest BCUT2D eigenvalue weighted by Crippen LogP contribution is -2.34. The molecular weight excluding hydrogens is 404 g/mol. The molecule has 2 aromatic carbocycles. The van der Waals surface area contributed by atoms with Crippen LogP contribution in [0, 0.1) is 0 Å². The van der Waals surface area contributed by atoms with E-state index in [9.17, 15) is 16.8 Å². The predicted octanol–water partition coefficient (Wildman–Crippen LogP) is 2.22. The van der Waals surface area contributed by atoms with Gasteiger partial charge in [0.2, 0.25) is 10.0 Å². The van der Waals surface area contributed by atoms with Gasteiger partial charge in [0, 0.05) is 12.6 Å². The van der Waals surface area contributed by atoms with Gasteiger partial charge >= 0.3 is 0 Å². The molecule has 1 aliphatic rings. The van der Waals surface area contributed by atoms with Gasteiger partial charge < -0.3 is 9.47 Å². The minimum Gasteiger partial charge on any atom is -0.497 e. The van der Waals surface area contributed by atoms with Gasteiger partial charge in [-0.05, 0) is 42.7 Å². The molecule has 0 aromatic heterocycles. The molecule has 1 aliphatic heterocycles. The first-order valence-electron chi connectivity index (χ1n) is 8.51. The smallest absolute Gasteiger partial charge is 0.265 e. The molecule has 28 heavy (non-hydrogen) atoms. The summed E-state index contributed by atoms with van der Waals surface area (Å²) in [5, 5.41) is 0. The van der Waals surface area contributed by atoms with Crippen LogP contribution in [0.25, 0.3) is 0 Å². The molecule has 0 aliphatic carbocycles. The number of anilines is 2. The van der Waals surface area contributed by atoms with Gasteiger partial charge in [-0.1, -0.05) is 6.07 Å². The molecule has 0 fully saturated rings. The maximum absolute atomic E-state index is 12.9. The van der Waals surface area contributed by atoms with Gasteiger partial charge in [-0.2, -0.15) is 0 Å². The number of benzene rings is 2. The van der Waals surface area contributed by atoms with E-state index in [0.29, 0.717) is 24.4 Å². The number of hydrogen-bond acceptors (Lipinski definition) is 6. The summed E-state index contributed by atoms with van der Waals surface area (Å²) in [4.78, 5) is -0.0477. The van der Waals surface area contributed by atoms with E-state index < -0.39 is 20.0 Å². The van der Waals surface area contributed by atoms with E-state index >= 15 is 0 Å². The number of sulfonamides is 2.